The number of hydrogen-bond acceptors (Lipinski definition) is 8. The van der Waals surface area contributed by atoms with E-state index in [0.29, 0.717) is 42.7 Å². The number of rotatable bonds is 10. The van der Waals surface area contributed by atoms with E-state index in [2.05, 4.69) is 47.7 Å². The van der Waals surface area contributed by atoms with Gasteiger partial charge in [0.05, 0.1) is 35.4 Å². The van der Waals surface area contributed by atoms with Crippen molar-refractivity contribution >= 4 is 39.8 Å². The number of benzene rings is 2. The number of likely N-dealkylation sites (N-methyl/N-ethyl adjacent to an activating group) is 1. The predicted molar refractivity (Wildman–Crippen MR) is 174 cm³/mol. The van der Waals surface area contributed by atoms with Gasteiger partial charge in [0.2, 0.25) is 0 Å². The molecule has 0 saturated heterocycles. The van der Waals surface area contributed by atoms with Crippen LogP contribution in [0.5, 0.6) is 6.01 Å². The standard InChI is InChI=1S/C34H37ClFN7O2/c1-23(36)33(44)43-17-16-42(21-26(43)12-14-37)32-27-13-15-41(30-11-5-9-25-8-4-10-28(35)31(25)30)22-29(27)38-34(39-32)45-19-18-40(2)20-24-6-3-7-24/h4-5,8-11,21,24H,1,3,6-7,12-13,15-20,22H2,2H3. The van der Waals surface area contributed by atoms with Gasteiger partial charge in [-0.1, -0.05) is 48.9 Å². The first-order valence-corrected chi connectivity index (χ1v) is 15.8. The molecule has 11 heteroatoms. The number of hydrogen-bond donors (Lipinski definition) is 0. The summed E-state index contributed by atoms with van der Waals surface area (Å²) >= 11 is 6.68. The number of carbonyl (C=O) groups is 1. The summed E-state index contributed by atoms with van der Waals surface area (Å²) in [5.74, 6) is -0.446. The molecule has 0 spiro atoms. The molecule has 3 aromatic rings. The monoisotopic (exact) mass is 629 g/mol. The molecule has 1 saturated carbocycles. The summed E-state index contributed by atoms with van der Waals surface area (Å²) in [6.45, 7) is 7.22. The van der Waals surface area contributed by atoms with Crippen LogP contribution in [0.15, 0.2) is 60.7 Å². The zero-order chi connectivity index (χ0) is 31.5. The summed E-state index contributed by atoms with van der Waals surface area (Å²) in [6, 6.07) is 14.5. The summed E-state index contributed by atoms with van der Waals surface area (Å²) in [4.78, 5) is 30.0. The van der Waals surface area contributed by atoms with Crippen LogP contribution in [0, 0.1) is 17.2 Å². The van der Waals surface area contributed by atoms with Gasteiger partial charge in [0.15, 0.2) is 5.83 Å². The van der Waals surface area contributed by atoms with Crippen LogP contribution in [-0.2, 0) is 17.8 Å². The second kappa shape index (κ2) is 13.4. The molecule has 6 rings (SSSR count). The number of halogens is 2. The Morgan fingerprint density at radius 1 is 1.20 bits per heavy atom. The molecule has 1 aliphatic carbocycles. The molecule has 3 aliphatic rings. The molecule has 0 radical (unpaired) electrons. The van der Waals surface area contributed by atoms with Gasteiger partial charge in [-0.2, -0.15) is 15.2 Å². The average molecular weight is 630 g/mol. The molecular weight excluding hydrogens is 593 g/mol. The topological polar surface area (TPSA) is 88.8 Å². The van der Waals surface area contributed by atoms with Gasteiger partial charge >= 0.3 is 6.01 Å². The van der Waals surface area contributed by atoms with E-state index in [-0.39, 0.29) is 19.0 Å². The maximum absolute atomic E-state index is 13.8. The molecule has 9 nitrogen and oxygen atoms in total. The molecule has 0 N–H and O–H groups in total. The van der Waals surface area contributed by atoms with Gasteiger partial charge in [-0.3, -0.25) is 4.79 Å². The average Bonchev–Trinajstić information content (AvgIpc) is 3.02. The van der Waals surface area contributed by atoms with Crippen molar-refractivity contribution in [3.63, 3.8) is 0 Å². The summed E-state index contributed by atoms with van der Waals surface area (Å²) in [6.07, 6.45) is 6.22. The molecule has 2 aromatic carbocycles. The van der Waals surface area contributed by atoms with E-state index in [1.165, 1.54) is 24.2 Å². The Bertz CT molecular complexity index is 1680. The third-order valence-electron chi connectivity index (χ3n) is 8.92. The van der Waals surface area contributed by atoms with E-state index in [0.717, 1.165) is 53.3 Å². The Morgan fingerprint density at radius 2 is 2.00 bits per heavy atom. The fraction of sp³-hybridized carbons (Fsp3) is 0.412. The van der Waals surface area contributed by atoms with Gasteiger partial charge < -0.3 is 24.3 Å². The normalized spacial score (nSPS) is 16.7. The first kappa shape index (κ1) is 30.8. The van der Waals surface area contributed by atoms with Gasteiger partial charge in [-0.05, 0) is 49.7 Å². The van der Waals surface area contributed by atoms with Crippen molar-refractivity contribution < 1.29 is 13.9 Å². The number of amides is 1. The molecule has 1 aromatic heterocycles. The number of carbonyl (C=O) groups excluding carboxylic acids is 1. The van der Waals surface area contributed by atoms with Crippen LogP contribution < -0.4 is 14.5 Å². The second-order valence-electron chi connectivity index (χ2n) is 12.0. The molecule has 2 aliphatic heterocycles. The summed E-state index contributed by atoms with van der Waals surface area (Å²) < 4.78 is 20.0. The number of ether oxygens (including phenoxy) is 1. The van der Waals surface area contributed by atoms with Crippen molar-refractivity contribution in [1.29, 1.82) is 5.26 Å². The molecule has 0 bridgehead atoms. The van der Waals surface area contributed by atoms with Crippen LogP contribution in [-0.4, -0.2) is 72.1 Å². The highest BCUT2D eigenvalue weighted by molar-refractivity contribution is 6.36. The van der Waals surface area contributed by atoms with E-state index >= 15 is 0 Å². The number of nitriles is 1. The highest BCUT2D eigenvalue weighted by Crippen LogP contribution is 2.37. The highest BCUT2D eigenvalue weighted by atomic mass is 35.5. The lowest BCUT2D eigenvalue weighted by Gasteiger charge is -2.36. The maximum Gasteiger partial charge on any atom is 0.318 e. The van der Waals surface area contributed by atoms with Gasteiger partial charge in [-0.25, -0.2) is 4.39 Å². The third kappa shape index (κ3) is 6.60. The smallest absolute Gasteiger partial charge is 0.318 e. The van der Waals surface area contributed by atoms with Gasteiger partial charge in [0.25, 0.3) is 5.91 Å². The Morgan fingerprint density at radius 3 is 2.73 bits per heavy atom. The molecule has 0 atom stereocenters. The minimum Gasteiger partial charge on any atom is -0.462 e. The number of aromatic nitrogens is 2. The van der Waals surface area contributed by atoms with E-state index in [1.807, 2.05) is 23.1 Å². The van der Waals surface area contributed by atoms with Crippen LogP contribution in [0.2, 0.25) is 5.02 Å². The highest BCUT2D eigenvalue weighted by Gasteiger charge is 2.31. The molecular formula is C34H37ClFN7O2. The largest absolute Gasteiger partial charge is 0.462 e. The van der Waals surface area contributed by atoms with Crippen LogP contribution in [0.25, 0.3) is 10.8 Å². The van der Waals surface area contributed by atoms with Crippen LogP contribution in [0.4, 0.5) is 15.9 Å². The Balaban J connectivity index is 1.32. The SMILES string of the molecule is C=C(F)C(=O)N1CCN(c2nc(OCCN(C)CC3CCC3)nc3c2CCN(c2cccc4cccc(Cl)c24)C3)C=C1CC#N. The Labute approximate surface area is 268 Å². The lowest BCUT2D eigenvalue weighted by molar-refractivity contribution is -0.126. The first-order valence-electron chi connectivity index (χ1n) is 15.5. The van der Waals surface area contributed by atoms with Gasteiger partial charge in [-0.15, -0.1) is 0 Å². The first-order chi connectivity index (χ1) is 21.8. The van der Waals surface area contributed by atoms with Crippen molar-refractivity contribution in [2.75, 3.05) is 56.2 Å². The Hall–Kier alpha value is -4.20. The molecule has 45 heavy (non-hydrogen) atoms. The van der Waals surface area contributed by atoms with E-state index in [4.69, 9.17) is 26.3 Å². The second-order valence-corrected chi connectivity index (χ2v) is 12.4. The fourth-order valence-corrected chi connectivity index (χ4v) is 6.65. The fourth-order valence-electron chi connectivity index (χ4n) is 6.37. The molecule has 234 valence electrons. The lowest BCUT2D eigenvalue weighted by Crippen LogP contribution is -2.43. The minimum atomic E-state index is -1.06. The number of fused-ring (bicyclic) bond motifs is 2. The molecule has 3 heterocycles. The van der Waals surface area contributed by atoms with Crippen molar-refractivity contribution in [3.05, 3.63) is 77.0 Å². The van der Waals surface area contributed by atoms with Crippen LogP contribution in [0.1, 0.15) is 36.9 Å². The number of nitrogens with zero attached hydrogens (tertiary/aromatic N) is 7. The number of anilines is 2. The van der Waals surface area contributed by atoms with Crippen molar-refractivity contribution in [1.82, 2.24) is 19.8 Å². The van der Waals surface area contributed by atoms with E-state index < -0.39 is 11.7 Å². The van der Waals surface area contributed by atoms with E-state index in [1.54, 1.807) is 6.20 Å². The van der Waals surface area contributed by atoms with Gasteiger partial charge in [0.1, 0.15) is 12.4 Å². The zero-order valence-electron chi connectivity index (χ0n) is 25.5. The number of allylic oxidation sites excluding steroid dienone is 1. The minimum absolute atomic E-state index is 0.0604. The summed E-state index contributed by atoms with van der Waals surface area (Å²) in [5.41, 5.74) is 3.26. The van der Waals surface area contributed by atoms with Crippen molar-refractivity contribution in [3.8, 4) is 12.1 Å². The third-order valence-corrected chi connectivity index (χ3v) is 9.23. The van der Waals surface area contributed by atoms with Crippen LogP contribution >= 0.6 is 11.6 Å². The molecule has 0 unspecified atom stereocenters. The molecule has 1 fully saturated rings. The van der Waals surface area contributed by atoms with Crippen LogP contribution in [0.3, 0.4) is 0 Å². The summed E-state index contributed by atoms with van der Waals surface area (Å²) in [5, 5.41) is 12.2. The van der Waals surface area contributed by atoms with Crippen molar-refractivity contribution in [2.45, 2.75) is 38.6 Å². The van der Waals surface area contributed by atoms with Crippen molar-refractivity contribution in [2.24, 2.45) is 5.92 Å². The quantitative estimate of drug-likeness (QED) is 0.258. The van der Waals surface area contributed by atoms with Gasteiger partial charge in [0, 0.05) is 55.6 Å². The Kier molecular flexibility index (Phi) is 9.19. The lowest BCUT2D eigenvalue weighted by atomic mass is 9.85. The zero-order valence-corrected chi connectivity index (χ0v) is 26.3. The molecule has 1 amide bonds. The van der Waals surface area contributed by atoms with E-state index in [9.17, 15) is 14.4 Å². The predicted octanol–water partition coefficient (Wildman–Crippen LogP) is 5.84. The summed E-state index contributed by atoms with van der Waals surface area (Å²) in [7, 11) is 2.11. The maximum atomic E-state index is 13.8.